The van der Waals surface area contributed by atoms with Gasteiger partial charge in [-0.3, -0.25) is 4.79 Å². The molecule has 2 rings (SSSR count). The highest BCUT2D eigenvalue weighted by atomic mass is 16.1. The highest BCUT2D eigenvalue weighted by molar-refractivity contribution is 5.88. The minimum Gasteiger partial charge on any atom is -0.368 e. The number of nitrogen functional groups attached to an aromatic ring is 1. The molecule has 0 bridgehead atoms. The molecule has 0 spiro atoms. The van der Waals surface area contributed by atoms with Crippen molar-refractivity contribution in [2.75, 3.05) is 11.1 Å². The smallest absolute Gasteiger partial charge is 0.261 e. The predicted molar refractivity (Wildman–Crippen MR) is 77.2 cm³/mol. The predicted octanol–water partition coefficient (Wildman–Crippen LogP) is 1.89. The lowest BCUT2D eigenvalue weighted by atomic mass is 10.1. The summed E-state index contributed by atoms with van der Waals surface area (Å²) in [5.41, 5.74) is 6.05. The van der Waals surface area contributed by atoms with E-state index in [0.717, 1.165) is 19.3 Å². The Bertz CT molecular complexity index is 622. The SMILES string of the molecule is CCC[C@@H](CC)Nc1nc(N)nc2cc[nH]c(=O)c12. The molecule has 6 nitrogen and oxygen atoms in total. The van der Waals surface area contributed by atoms with Crippen LogP contribution in [-0.2, 0) is 0 Å². The van der Waals surface area contributed by atoms with E-state index < -0.39 is 0 Å². The Kier molecular flexibility index (Phi) is 3.99. The molecule has 0 aromatic carbocycles. The Hall–Kier alpha value is -2.11. The fourth-order valence-corrected chi connectivity index (χ4v) is 2.13. The molecule has 2 aromatic rings. The lowest BCUT2D eigenvalue weighted by Gasteiger charge is -2.17. The molecule has 0 fully saturated rings. The number of nitrogens with zero attached hydrogens (tertiary/aromatic N) is 2. The highest BCUT2D eigenvalue weighted by Crippen LogP contribution is 2.19. The number of nitrogens with one attached hydrogen (secondary N) is 2. The van der Waals surface area contributed by atoms with E-state index in [-0.39, 0.29) is 17.5 Å². The third-order valence-electron chi connectivity index (χ3n) is 3.11. The van der Waals surface area contributed by atoms with Gasteiger partial charge < -0.3 is 16.0 Å². The van der Waals surface area contributed by atoms with Gasteiger partial charge in [-0.25, -0.2) is 4.98 Å². The van der Waals surface area contributed by atoms with Crippen molar-refractivity contribution in [1.82, 2.24) is 15.0 Å². The average Bonchev–Trinajstić information content (AvgIpc) is 2.37. The van der Waals surface area contributed by atoms with Crippen LogP contribution in [-0.4, -0.2) is 21.0 Å². The number of pyridine rings is 1. The Labute approximate surface area is 111 Å². The van der Waals surface area contributed by atoms with Crippen molar-refractivity contribution in [3.8, 4) is 0 Å². The second-order valence-corrected chi connectivity index (χ2v) is 4.54. The van der Waals surface area contributed by atoms with E-state index in [4.69, 9.17) is 5.73 Å². The van der Waals surface area contributed by atoms with Crippen LogP contribution in [0, 0.1) is 0 Å². The number of anilines is 2. The number of aromatic amines is 1. The maximum absolute atomic E-state index is 11.9. The molecular weight excluding hydrogens is 242 g/mol. The normalized spacial score (nSPS) is 12.5. The summed E-state index contributed by atoms with van der Waals surface area (Å²) in [6.07, 6.45) is 4.61. The van der Waals surface area contributed by atoms with Gasteiger partial charge in [0.15, 0.2) is 0 Å². The zero-order chi connectivity index (χ0) is 13.8. The first kappa shape index (κ1) is 13.3. The van der Waals surface area contributed by atoms with Gasteiger partial charge in [-0.1, -0.05) is 20.3 Å². The van der Waals surface area contributed by atoms with Crippen molar-refractivity contribution >= 4 is 22.7 Å². The number of rotatable bonds is 5. The summed E-state index contributed by atoms with van der Waals surface area (Å²) in [6, 6.07) is 2.00. The maximum atomic E-state index is 11.9. The van der Waals surface area contributed by atoms with Crippen LogP contribution >= 0.6 is 0 Å². The van der Waals surface area contributed by atoms with Gasteiger partial charge in [-0.05, 0) is 18.9 Å². The third kappa shape index (κ3) is 2.83. The van der Waals surface area contributed by atoms with E-state index in [1.165, 1.54) is 0 Å². The van der Waals surface area contributed by atoms with Crippen molar-refractivity contribution < 1.29 is 0 Å². The number of aromatic nitrogens is 3. The monoisotopic (exact) mass is 261 g/mol. The molecule has 0 aliphatic rings. The van der Waals surface area contributed by atoms with E-state index in [1.54, 1.807) is 12.3 Å². The van der Waals surface area contributed by atoms with Crippen LogP contribution in [0.2, 0.25) is 0 Å². The maximum Gasteiger partial charge on any atom is 0.261 e. The number of nitrogens with two attached hydrogens (primary N) is 1. The zero-order valence-corrected chi connectivity index (χ0v) is 11.2. The fourth-order valence-electron chi connectivity index (χ4n) is 2.13. The Morgan fingerprint density at radius 1 is 1.42 bits per heavy atom. The fraction of sp³-hybridized carbons (Fsp3) is 0.462. The Morgan fingerprint density at radius 3 is 2.89 bits per heavy atom. The van der Waals surface area contributed by atoms with E-state index in [2.05, 4.69) is 34.1 Å². The third-order valence-corrected chi connectivity index (χ3v) is 3.11. The molecule has 102 valence electrons. The van der Waals surface area contributed by atoms with E-state index in [1.807, 2.05) is 0 Å². The van der Waals surface area contributed by atoms with Gasteiger partial charge in [0.2, 0.25) is 5.95 Å². The molecule has 6 heteroatoms. The van der Waals surface area contributed by atoms with Gasteiger partial charge in [0.05, 0.1) is 5.52 Å². The van der Waals surface area contributed by atoms with Crippen LogP contribution in [0.5, 0.6) is 0 Å². The summed E-state index contributed by atoms with van der Waals surface area (Å²) in [6.45, 7) is 4.23. The lowest BCUT2D eigenvalue weighted by molar-refractivity contribution is 0.621. The lowest BCUT2D eigenvalue weighted by Crippen LogP contribution is -2.21. The van der Waals surface area contributed by atoms with Gasteiger partial charge in [0, 0.05) is 12.2 Å². The summed E-state index contributed by atoms with van der Waals surface area (Å²) in [4.78, 5) is 22.8. The number of hydrogen-bond acceptors (Lipinski definition) is 5. The van der Waals surface area contributed by atoms with E-state index >= 15 is 0 Å². The average molecular weight is 261 g/mol. The minimum absolute atomic E-state index is 0.173. The van der Waals surface area contributed by atoms with E-state index in [0.29, 0.717) is 16.7 Å². The molecule has 19 heavy (non-hydrogen) atoms. The van der Waals surface area contributed by atoms with Gasteiger partial charge in [0.1, 0.15) is 11.2 Å². The van der Waals surface area contributed by atoms with Crippen molar-refractivity contribution in [3.63, 3.8) is 0 Å². The van der Waals surface area contributed by atoms with Gasteiger partial charge >= 0.3 is 0 Å². The first-order valence-corrected chi connectivity index (χ1v) is 6.57. The summed E-state index contributed by atoms with van der Waals surface area (Å²) < 4.78 is 0. The quantitative estimate of drug-likeness (QED) is 0.763. The first-order valence-electron chi connectivity index (χ1n) is 6.57. The van der Waals surface area contributed by atoms with Gasteiger partial charge in [0.25, 0.3) is 5.56 Å². The summed E-state index contributed by atoms with van der Waals surface area (Å²) in [5.74, 6) is 0.691. The largest absolute Gasteiger partial charge is 0.368 e. The standard InChI is InChI=1S/C13H19N5O/c1-3-5-8(4-2)16-11-10-9(17-13(14)18-11)6-7-15-12(10)19/h6-8H,3-5H2,1-2H3,(H,15,19)(H3,14,16,17,18)/t8-/m1/s1. The van der Waals surface area contributed by atoms with Crippen molar-refractivity contribution in [1.29, 1.82) is 0 Å². The molecule has 0 unspecified atom stereocenters. The van der Waals surface area contributed by atoms with Crippen molar-refractivity contribution in [3.05, 3.63) is 22.6 Å². The molecule has 0 saturated heterocycles. The van der Waals surface area contributed by atoms with Gasteiger partial charge in [-0.15, -0.1) is 0 Å². The molecule has 0 aliphatic heterocycles. The Morgan fingerprint density at radius 2 is 2.21 bits per heavy atom. The van der Waals surface area contributed by atoms with Crippen molar-refractivity contribution in [2.24, 2.45) is 0 Å². The van der Waals surface area contributed by atoms with Crippen LogP contribution in [0.3, 0.4) is 0 Å². The summed E-state index contributed by atoms with van der Waals surface area (Å²) in [5, 5.41) is 3.77. The second kappa shape index (κ2) is 5.69. The van der Waals surface area contributed by atoms with Crippen LogP contribution in [0.4, 0.5) is 11.8 Å². The highest BCUT2D eigenvalue weighted by Gasteiger charge is 2.13. The zero-order valence-electron chi connectivity index (χ0n) is 11.2. The van der Waals surface area contributed by atoms with E-state index in [9.17, 15) is 4.79 Å². The second-order valence-electron chi connectivity index (χ2n) is 4.54. The molecule has 4 N–H and O–H groups in total. The topological polar surface area (TPSA) is 96.7 Å². The van der Waals surface area contributed by atoms with Crippen LogP contribution in [0.25, 0.3) is 10.9 Å². The molecular formula is C13H19N5O. The summed E-state index contributed by atoms with van der Waals surface area (Å²) in [7, 11) is 0. The summed E-state index contributed by atoms with van der Waals surface area (Å²) >= 11 is 0. The Balaban J connectivity index is 2.49. The number of fused-ring (bicyclic) bond motifs is 1. The number of hydrogen-bond donors (Lipinski definition) is 3. The molecule has 2 aromatic heterocycles. The molecule has 0 saturated carbocycles. The molecule has 0 radical (unpaired) electrons. The molecule has 1 atom stereocenters. The van der Waals surface area contributed by atoms with Crippen LogP contribution in [0.15, 0.2) is 17.1 Å². The number of H-pyrrole nitrogens is 1. The molecule has 2 heterocycles. The van der Waals surface area contributed by atoms with Gasteiger partial charge in [-0.2, -0.15) is 4.98 Å². The van der Waals surface area contributed by atoms with Crippen LogP contribution in [0.1, 0.15) is 33.1 Å². The first-order chi connectivity index (χ1) is 9.15. The van der Waals surface area contributed by atoms with Crippen LogP contribution < -0.4 is 16.6 Å². The molecule has 0 amide bonds. The molecule has 0 aliphatic carbocycles. The minimum atomic E-state index is -0.202. The van der Waals surface area contributed by atoms with Crippen molar-refractivity contribution in [2.45, 2.75) is 39.2 Å².